The van der Waals surface area contributed by atoms with Gasteiger partial charge in [0.05, 0.1) is 6.61 Å². The summed E-state index contributed by atoms with van der Waals surface area (Å²) in [6.07, 6.45) is -2.39. The Labute approximate surface area is 168 Å². The molecular formula is C20H25FN2O6. The summed E-state index contributed by atoms with van der Waals surface area (Å²) in [6, 6.07) is 3.69. The molecule has 2 atom stereocenters. The molecule has 0 saturated carbocycles. The maximum atomic E-state index is 14.2. The van der Waals surface area contributed by atoms with Crippen molar-refractivity contribution < 1.29 is 33.4 Å². The monoisotopic (exact) mass is 408 g/mol. The maximum Gasteiger partial charge on any atom is 0.338 e. The second kappa shape index (κ2) is 8.08. The van der Waals surface area contributed by atoms with E-state index in [4.69, 9.17) is 9.47 Å². The minimum absolute atomic E-state index is 0.0299. The van der Waals surface area contributed by atoms with E-state index in [1.807, 2.05) is 0 Å². The van der Waals surface area contributed by atoms with Crippen molar-refractivity contribution in [3.8, 4) is 0 Å². The highest BCUT2D eigenvalue weighted by atomic mass is 19.1. The lowest BCUT2D eigenvalue weighted by molar-refractivity contribution is -0.177. The van der Waals surface area contributed by atoms with Crippen LogP contribution < -0.4 is 4.90 Å². The molecule has 9 heteroatoms. The predicted octanol–water partition coefficient (Wildman–Crippen LogP) is 1.11. The maximum absolute atomic E-state index is 14.2. The number of hydrogen-bond donors (Lipinski definition) is 1. The van der Waals surface area contributed by atoms with Gasteiger partial charge in [0.1, 0.15) is 11.4 Å². The van der Waals surface area contributed by atoms with Gasteiger partial charge in [-0.3, -0.25) is 9.59 Å². The minimum atomic E-state index is -1.82. The summed E-state index contributed by atoms with van der Waals surface area (Å²) in [5.74, 6) is -2.65. The van der Waals surface area contributed by atoms with Crippen molar-refractivity contribution in [3.05, 3.63) is 29.6 Å². The van der Waals surface area contributed by atoms with Crippen LogP contribution in [0.15, 0.2) is 18.2 Å². The molecule has 29 heavy (non-hydrogen) atoms. The number of halogens is 1. The molecule has 8 nitrogen and oxygen atoms in total. The van der Waals surface area contributed by atoms with Crippen molar-refractivity contribution in [1.82, 2.24) is 4.90 Å². The molecule has 2 aliphatic rings. The summed E-state index contributed by atoms with van der Waals surface area (Å²) in [5, 5.41) is 10.3. The van der Waals surface area contributed by atoms with Crippen LogP contribution >= 0.6 is 0 Å². The highest BCUT2D eigenvalue weighted by Gasteiger charge is 2.41. The lowest BCUT2D eigenvalue weighted by atomic mass is 10.1. The SMILES string of the molecule is CC(C)(C)OC(=O)[C@H](O)[C@H]1OCCN(c2cc(F)cc(C(=O)N3CCC3)c2)C1=O. The highest BCUT2D eigenvalue weighted by molar-refractivity contribution is 6.02. The quantitative estimate of drug-likeness (QED) is 0.750. The molecule has 1 aromatic rings. The van der Waals surface area contributed by atoms with Crippen molar-refractivity contribution in [1.29, 1.82) is 0 Å². The fourth-order valence-corrected chi connectivity index (χ4v) is 3.13. The molecule has 0 aliphatic carbocycles. The van der Waals surface area contributed by atoms with Gasteiger partial charge in [-0.25, -0.2) is 9.18 Å². The lowest BCUT2D eigenvalue weighted by Gasteiger charge is -2.35. The zero-order valence-electron chi connectivity index (χ0n) is 16.7. The molecule has 2 fully saturated rings. The van der Waals surface area contributed by atoms with E-state index < -0.39 is 35.5 Å². The summed E-state index contributed by atoms with van der Waals surface area (Å²) in [7, 11) is 0. The lowest BCUT2D eigenvalue weighted by Crippen LogP contribution is -2.55. The number of aliphatic hydroxyl groups is 1. The molecule has 2 saturated heterocycles. The average Bonchev–Trinajstić information content (AvgIpc) is 2.57. The minimum Gasteiger partial charge on any atom is -0.458 e. The largest absolute Gasteiger partial charge is 0.458 e. The first-order chi connectivity index (χ1) is 13.6. The van der Waals surface area contributed by atoms with Gasteiger partial charge in [-0.05, 0) is 45.4 Å². The second-order valence-corrected chi connectivity index (χ2v) is 8.10. The normalized spacial score (nSPS) is 20.9. The third-order valence-electron chi connectivity index (χ3n) is 4.64. The summed E-state index contributed by atoms with van der Waals surface area (Å²) in [4.78, 5) is 40.2. The van der Waals surface area contributed by atoms with Crippen LogP contribution in [0.1, 0.15) is 37.6 Å². The van der Waals surface area contributed by atoms with Crippen LogP contribution in [0.5, 0.6) is 0 Å². The molecule has 2 amide bonds. The number of hydrogen-bond acceptors (Lipinski definition) is 6. The van der Waals surface area contributed by atoms with Crippen molar-refractivity contribution in [2.24, 2.45) is 0 Å². The number of carbonyl (C=O) groups is 3. The summed E-state index contributed by atoms with van der Waals surface area (Å²) < 4.78 is 24.6. The topological polar surface area (TPSA) is 96.4 Å². The molecule has 2 heterocycles. The Balaban J connectivity index is 1.80. The number of likely N-dealkylation sites (tertiary alicyclic amines) is 1. The number of morpholine rings is 1. The van der Waals surface area contributed by atoms with Gasteiger partial charge in [-0.15, -0.1) is 0 Å². The van der Waals surface area contributed by atoms with E-state index in [9.17, 15) is 23.9 Å². The van der Waals surface area contributed by atoms with Crippen LogP contribution in [0.3, 0.4) is 0 Å². The number of ether oxygens (including phenoxy) is 2. The Kier molecular flexibility index (Phi) is 5.90. The number of rotatable bonds is 4. The standard InChI is InChI=1S/C20H25FN2O6/c1-20(2,3)29-19(27)15(24)16-18(26)23(7-8-28-16)14-10-12(9-13(21)11-14)17(25)22-5-4-6-22/h9-11,15-16,24H,4-8H2,1-3H3/t15-,16-/m1/s1. The second-order valence-electron chi connectivity index (χ2n) is 8.10. The van der Waals surface area contributed by atoms with E-state index in [0.29, 0.717) is 13.1 Å². The Hall–Kier alpha value is -2.52. The van der Waals surface area contributed by atoms with Gasteiger partial charge >= 0.3 is 5.97 Å². The number of anilines is 1. The third-order valence-corrected chi connectivity index (χ3v) is 4.64. The molecule has 0 unspecified atom stereocenters. The van der Waals surface area contributed by atoms with Crippen LogP contribution in [0.25, 0.3) is 0 Å². The number of carbonyl (C=O) groups excluding carboxylic acids is 3. The molecule has 2 aliphatic heterocycles. The van der Waals surface area contributed by atoms with E-state index in [1.165, 1.54) is 11.0 Å². The third kappa shape index (κ3) is 4.73. The zero-order valence-corrected chi connectivity index (χ0v) is 16.7. The van der Waals surface area contributed by atoms with Gasteiger partial charge in [0.25, 0.3) is 11.8 Å². The summed E-state index contributed by atoms with van der Waals surface area (Å²) in [6.45, 7) is 6.26. The van der Waals surface area contributed by atoms with Crippen LogP contribution in [0, 0.1) is 5.82 Å². The van der Waals surface area contributed by atoms with Crippen molar-refractivity contribution >= 4 is 23.5 Å². The Morgan fingerprint density at radius 1 is 1.24 bits per heavy atom. The van der Waals surface area contributed by atoms with Crippen molar-refractivity contribution in [3.63, 3.8) is 0 Å². The fourth-order valence-electron chi connectivity index (χ4n) is 3.13. The first-order valence-corrected chi connectivity index (χ1v) is 9.50. The number of nitrogens with zero attached hydrogens (tertiary/aromatic N) is 2. The van der Waals surface area contributed by atoms with E-state index in [-0.39, 0.29) is 30.3 Å². The first-order valence-electron chi connectivity index (χ1n) is 9.50. The summed E-state index contributed by atoms with van der Waals surface area (Å²) >= 11 is 0. The van der Waals surface area contributed by atoms with Gasteiger partial charge in [-0.2, -0.15) is 0 Å². The van der Waals surface area contributed by atoms with Gasteiger partial charge in [0.2, 0.25) is 0 Å². The number of amides is 2. The molecule has 1 aromatic carbocycles. The van der Waals surface area contributed by atoms with E-state index in [1.54, 1.807) is 25.7 Å². The van der Waals surface area contributed by atoms with Crippen LogP contribution in [0.4, 0.5) is 10.1 Å². The molecule has 1 N–H and O–H groups in total. The fraction of sp³-hybridized carbons (Fsp3) is 0.550. The van der Waals surface area contributed by atoms with Crippen LogP contribution in [-0.2, 0) is 19.1 Å². The van der Waals surface area contributed by atoms with Gasteiger partial charge < -0.3 is 24.4 Å². The summed E-state index contributed by atoms with van der Waals surface area (Å²) in [5.41, 5.74) is -0.531. The first kappa shape index (κ1) is 21.2. The molecule has 0 aromatic heterocycles. The number of aliphatic hydroxyl groups excluding tert-OH is 1. The van der Waals surface area contributed by atoms with Crippen LogP contribution in [0.2, 0.25) is 0 Å². The molecule has 158 valence electrons. The molecular weight excluding hydrogens is 383 g/mol. The van der Waals surface area contributed by atoms with Gasteiger partial charge in [0.15, 0.2) is 12.2 Å². The van der Waals surface area contributed by atoms with Crippen LogP contribution in [-0.4, -0.2) is 71.8 Å². The average molecular weight is 408 g/mol. The number of benzene rings is 1. The van der Waals surface area contributed by atoms with Crippen molar-refractivity contribution in [2.45, 2.75) is 45.0 Å². The number of esters is 1. The van der Waals surface area contributed by atoms with E-state index in [0.717, 1.165) is 18.6 Å². The van der Waals surface area contributed by atoms with Crippen molar-refractivity contribution in [2.75, 3.05) is 31.1 Å². The van der Waals surface area contributed by atoms with Gasteiger partial charge in [-0.1, -0.05) is 0 Å². The zero-order chi connectivity index (χ0) is 21.3. The van der Waals surface area contributed by atoms with Gasteiger partial charge in [0, 0.05) is 30.9 Å². The highest BCUT2D eigenvalue weighted by Crippen LogP contribution is 2.25. The Bertz CT molecular complexity index is 818. The van der Waals surface area contributed by atoms with E-state index >= 15 is 0 Å². The molecule has 0 radical (unpaired) electrons. The Morgan fingerprint density at radius 3 is 2.52 bits per heavy atom. The molecule has 3 rings (SSSR count). The smallest absolute Gasteiger partial charge is 0.338 e. The molecule has 0 spiro atoms. The van der Waals surface area contributed by atoms with E-state index in [2.05, 4.69) is 0 Å². The predicted molar refractivity (Wildman–Crippen MR) is 101 cm³/mol. The Morgan fingerprint density at radius 2 is 1.93 bits per heavy atom. The molecule has 0 bridgehead atoms.